The molecule has 3 aliphatic rings. The quantitative estimate of drug-likeness (QED) is 0.211. The van der Waals surface area contributed by atoms with E-state index < -0.39 is 17.3 Å². The second kappa shape index (κ2) is 10.3. The molecular formula is C29H25N4NaO6. The molecule has 2 fully saturated rings. The fourth-order valence-electron chi connectivity index (χ4n) is 5.98. The van der Waals surface area contributed by atoms with Crippen LogP contribution in [0.25, 0.3) is 22.2 Å². The van der Waals surface area contributed by atoms with E-state index in [9.17, 15) is 14.4 Å². The van der Waals surface area contributed by atoms with E-state index in [4.69, 9.17) is 9.47 Å². The maximum atomic E-state index is 14.4. The number of carbonyl (C=O) groups excluding carboxylic acids is 2. The van der Waals surface area contributed by atoms with Gasteiger partial charge in [0, 0.05) is 41.3 Å². The first kappa shape index (κ1) is 26.9. The third kappa shape index (κ3) is 4.39. The maximum absolute atomic E-state index is 14.4. The van der Waals surface area contributed by atoms with Crippen LogP contribution in [0.15, 0.2) is 51.9 Å². The SMILES string of the molecule is COc1cc(C(=O)[C@@H]2C(=O)c3cc(-c4noc(=O)[n-]4)ccc3OC23CCNCC3)cc2c(C3CC3)nccc12.[Na+]. The maximum Gasteiger partial charge on any atom is 1.00 e. The third-order valence-electron chi connectivity index (χ3n) is 8.07. The minimum absolute atomic E-state index is 0. The van der Waals surface area contributed by atoms with Gasteiger partial charge in [0.2, 0.25) is 0 Å². The van der Waals surface area contributed by atoms with Gasteiger partial charge in [0.15, 0.2) is 11.6 Å². The van der Waals surface area contributed by atoms with Crippen LogP contribution in [-0.2, 0) is 0 Å². The van der Waals surface area contributed by atoms with Crippen molar-refractivity contribution < 1.29 is 53.1 Å². The zero-order valence-corrected chi connectivity index (χ0v) is 24.2. The molecule has 1 N–H and O–H groups in total. The molecule has 2 aromatic carbocycles. The number of Topliss-reactive ketones (excluding diaryl/α,β-unsaturated/α-hetero) is 2. The van der Waals surface area contributed by atoms with Crippen LogP contribution >= 0.6 is 0 Å². The largest absolute Gasteiger partial charge is 1.00 e. The van der Waals surface area contributed by atoms with E-state index in [1.165, 1.54) is 0 Å². The minimum Gasteiger partial charge on any atom is -0.496 e. The molecule has 1 saturated heterocycles. The number of nitrogens with one attached hydrogen (secondary N) is 1. The van der Waals surface area contributed by atoms with Crippen molar-refractivity contribution >= 4 is 22.3 Å². The molecule has 1 spiro atoms. The second-order valence-electron chi connectivity index (χ2n) is 10.4. The Kier molecular flexibility index (Phi) is 6.90. The number of hydrogen-bond donors (Lipinski definition) is 1. The molecule has 2 aromatic heterocycles. The number of fused-ring (bicyclic) bond motifs is 2. The Labute approximate surface area is 251 Å². The Bertz CT molecular complexity index is 1700. The van der Waals surface area contributed by atoms with Crippen LogP contribution < -0.4 is 55.1 Å². The van der Waals surface area contributed by atoms with E-state index in [-0.39, 0.29) is 52.5 Å². The number of ketones is 2. The molecule has 0 unspecified atom stereocenters. The zero-order valence-electron chi connectivity index (χ0n) is 22.2. The number of carbonyl (C=O) groups is 2. The number of hydrogen-bond acceptors (Lipinski definition) is 9. The second-order valence-corrected chi connectivity index (χ2v) is 10.4. The average Bonchev–Trinajstić information content (AvgIpc) is 3.71. The predicted molar refractivity (Wildman–Crippen MR) is 139 cm³/mol. The van der Waals surface area contributed by atoms with Gasteiger partial charge < -0.3 is 24.3 Å². The first-order valence-electron chi connectivity index (χ1n) is 13.1. The predicted octanol–water partition coefficient (Wildman–Crippen LogP) is 0.294. The summed E-state index contributed by atoms with van der Waals surface area (Å²) in [6.07, 6.45) is 4.90. The Hall–Kier alpha value is -3.31. The molecule has 1 saturated carbocycles. The normalized spacial score (nSPS) is 19.5. The van der Waals surface area contributed by atoms with E-state index >= 15 is 0 Å². The summed E-state index contributed by atoms with van der Waals surface area (Å²) in [5.41, 5.74) is 1.04. The van der Waals surface area contributed by atoms with Crippen LogP contribution in [0.5, 0.6) is 11.5 Å². The van der Waals surface area contributed by atoms with Gasteiger partial charge in [-0.2, -0.15) is 0 Å². The van der Waals surface area contributed by atoms with Crippen LogP contribution in [0, 0.1) is 5.92 Å². The van der Waals surface area contributed by atoms with Crippen LogP contribution in [0.3, 0.4) is 0 Å². The van der Waals surface area contributed by atoms with Crippen molar-refractivity contribution in [3.05, 3.63) is 70.0 Å². The van der Waals surface area contributed by atoms with Gasteiger partial charge in [-0.1, -0.05) is 6.07 Å². The number of piperidine rings is 1. The first-order chi connectivity index (χ1) is 19.0. The van der Waals surface area contributed by atoms with E-state index in [1.807, 2.05) is 12.1 Å². The zero-order chi connectivity index (χ0) is 26.7. The smallest absolute Gasteiger partial charge is 0.496 e. The Morgan fingerprint density at radius 1 is 1.10 bits per heavy atom. The Morgan fingerprint density at radius 2 is 1.90 bits per heavy atom. The molecule has 10 nitrogen and oxygen atoms in total. The van der Waals surface area contributed by atoms with Crippen molar-refractivity contribution in [3.63, 3.8) is 0 Å². The van der Waals surface area contributed by atoms with Gasteiger partial charge in [0.1, 0.15) is 23.0 Å². The standard InChI is InChI=1S/C29H26N4O6.Na/c1-37-22-14-17(13-19-18(22)6-9-31-24(19)15-2-3-15)25(34)23-26(35)20-12-16(27-32-28(36)39-33-27)4-5-21(20)38-29(23)7-10-30-11-8-29;/h4-6,9,12-15,23,30H,2-3,7-8,10-11H2,1H3,(H,32,33,36);/q;+1/p-1/t23-;/m1./s1. The monoisotopic (exact) mass is 548 g/mol. The Morgan fingerprint density at radius 3 is 2.60 bits per heavy atom. The number of nitrogens with zero attached hydrogens (tertiary/aromatic N) is 3. The number of rotatable bonds is 5. The van der Waals surface area contributed by atoms with Crippen molar-refractivity contribution in [3.8, 4) is 22.9 Å². The number of methoxy groups -OCH3 is 1. The van der Waals surface area contributed by atoms with Crippen molar-refractivity contribution in [2.24, 2.45) is 5.92 Å². The molecule has 2 aliphatic heterocycles. The van der Waals surface area contributed by atoms with Gasteiger partial charge in [0.05, 0.1) is 18.4 Å². The van der Waals surface area contributed by atoms with Crippen LogP contribution in [0.2, 0.25) is 0 Å². The summed E-state index contributed by atoms with van der Waals surface area (Å²) in [5, 5.41) is 8.75. The molecule has 40 heavy (non-hydrogen) atoms. The number of pyridine rings is 1. The number of ether oxygens (including phenoxy) is 2. The molecule has 0 amide bonds. The van der Waals surface area contributed by atoms with Gasteiger partial charge >= 0.3 is 35.3 Å². The summed E-state index contributed by atoms with van der Waals surface area (Å²) >= 11 is 0. The van der Waals surface area contributed by atoms with Crippen molar-refractivity contribution in [1.82, 2.24) is 20.4 Å². The van der Waals surface area contributed by atoms with Gasteiger partial charge in [-0.15, -0.1) is 0 Å². The van der Waals surface area contributed by atoms with Crippen LogP contribution in [-0.4, -0.2) is 47.5 Å². The molecule has 1 aliphatic carbocycles. The van der Waals surface area contributed by atoms with Crippen LogP contribution in [0.1, 0.15) is 58.0 Å². The van der Waals surface area contributed by atoms with Crippen LogP contribution in [0.4, 0.5) is 0 Å². The number of aromatic nitrogens is 3. The van der Waals surface area contributed by atoms with E-state index in [0.29, 0.717) is 54.5 Å². The van der Waals surface area contributed by atoms with Gasteiger partial charge in [-0.25, -0.2) is 4.79 Å². The molecule has 4 heterocycles. The van der Waals surface area contributed by atoms with E-state index in [1.54, 1.807) is 37.6 Å². The molecule has 0 radical (unpaired) electrons. The van der Waals surface area contributed by atoms with Crippen molar-refractivity contribution in [1.29, 1.82) is 0 Å². The first-order valence-corrected chi connectivity index (χ1v) is 13.1. The van der Waals surface area contributed by atoms with E-state index in [0.717, 1.165) is 29.3 Å². The summed E-state index contributed by atoms with van der Waals surface area (Å²) in [4.78, 5) is 48.4. The fraction of sp³-hybridized carbons (Fsp3) is 0.345. The fourth-order valence-corrected chi connectivity index (χ4v) is 5.98. The minimum atomic E-state index is -1.06. The third-order valence-corrected chi connectivity index (χ3v) is 8.07. The van der Waals surface area contributed by atoms with Crippen molar-refractivity contribution in [2.75, 3.05) is 20.2 Å². The molecular weight excluding hydrogens is 523 g/mol. The van der Waals surface area contributed by atoms with Gasteiger partial charge in [-0.05, 0) is 67.7 Å². The summed E-state index contributed by atoms with van der Waals surface area (Å²) in [7, 11) is 1.58. The summed E-state index contributed by atoms with van der Waals surface area (Å²) in [5.74, 6) is -1.13. The van der Waals surface area contributed by atoms with E-state index in [2.05, 4.69) is 25.0 Å². The molecule has 11 heteroatoms. The molecule has 0 bridgehead atoms. The molecule has 4 aromatic rings. The Balaban J connectivity index is 0.00000289. The molecule has 198 valence electrons. The van der Waals surface area contributed by atoms with Gasteiger partial charge in [0.25, 0.3) is 0 Å². The topological polar surface area (TPSA) is 135 Å². The summed E-state index contributed by atoms with van der Waals surface area (Å²) in [6.45, 7) is 1.24. The van der Waals surface area contributed by atoms with Gasteiger partial charge in [-0.3, -0.25) is 19.7 Å². The average molecular weight is 549 g/mol. The molecule has 7 rings (SSSR count). The number of benzene rings is 2. The van der Waals surface area contributed by atoms with Crippen molar-refractivity contribution in [2.45, 2.75) is 37.2 Å². The summed E-state index contributed by atoms with van der Waals surface area (Å²) < 4.78 is 16.8. The summed E-state index contributed by atoms with van der Waals surface area (Å²) in [6, 6.07) is 10.4. The molecule has 1 atom stereocenters.